The summed E-state index contributed by atoms with van der Waals surface area (Å²) in [6, 6.07) is 5.34. The van der Waals surface area contributed by atoms with Crippen LogP contribution in [0.5, 0.6) is 0 Å². The van der Waals surface area contributed by atoms with Crippen molar-refractivity contribution in [2.75, 3.05) is 13.1 Å². The zero-order valence-electron chi connectivity index (χ0n) is 13.8. The van der Waals surface area contributed by atoms with Gasteiger partial charge in [-0.15, -0.1) is 0 Å². The first-order valence-electron chi connectivity index (χ1n) is 8.88. The van der Waals surface area contributed by atoms with Gasteiger partial charge in [0.25, 0.3) is 5.91 Å². The highest BCUT2D eigenvalue weighted by Gasteiger charge is 2.46. The second kappa shape index (κ2) is 6.04. The Balaban J connectivity index is 1.48. The van der Waals surface area contributed by atoms with Crippen molar-refractivity contribution in [3.63, 3.8) is 0 Å². The first-order valence-corrected chi connectivity index (χ1v) is 8.88. The molecule has 24 heavy (non-hydrogen) atoms. The number of amides is 2. The van der Waals surface area contributed by atoms with E-state index in [9.17, 15) is 9.59 Å². The molecule has 126 valence electrons. The van der Waals surface area contributed by atoms with E-state index in [0.29, 0.717) is 24.6 Å². The number of aromatic nitrogens is 1. The molecule has 5 nitrogen and oxygen atoms in total. The average Bonchev–Trinajstić information content (AvgIpc) is 3.33. The SMILES string of the molecule is O=C(NC[C@@]12CCC=C1N(CC1CC1)C(=O)CC2)c1ccccn1. The van der Waals surface area contributed by atoms with Crippen LogP contribution >= 0.6 is 0 Å². The third-order valence-electron chi connectivity index (χ3n) is 5.54. The zero-order chi connectivity index (χ0) is 16.6. The minimum atomic E-state index is -0.137. The van der Waals surface area contributed by atoms with Crippen molar-refractivity contribution < 1.29 is 9.59 Å². The highest BCUT2D eigenvalue weighted by atomic mass is 16.2. The maximum atomic E-state index is 12.4. The summed E-state index contributed by atoms with van der Waals surface area (Å²) < 4.78 is 0. The third kappa shape index (κ3) is 2.83. The van der Waals surface area contributed by atoms with Gasteiger partial charge in [-0.3, -0.25) is 14.6 Å². The molecule has 0 bridgehead atoms. The van der Waals surface area contributed by atoms with Crippen molar-refractivity contribution in [2.24, 2.45) is 11.3 Å². The quantitative estimate of drug-likeness (QED) is 0.905. The van der Waals surface area contributed by atoms with E-state index in [2.05, 4.69) is 16.4 Å². The molecule has 4 rings (SSSR count). The summed E-state index contributed by atoms with van der Waals surface area (Å²) in [6.07, 6.45) is 9.74. The molecular formula is C19H23N3O2. The molecule has 2 aliphatic carbocycles. The van der Waals surface area contributed by atoms with Crippen LogP contribution in [-0.2, 0) is 4.79 Å². The van der Waals surface area contributed by atoms with Gasteiger partial charge in [0, 0.05) is 36.8 Å². The molecule has 2 fully saturated rings. The number of hydrogen-bond acceptors (Lipinski definition) is 3. The first-order chi connectivity index (χ1) is 11.7. The highest BCUT2D eigenvalue weighted by Crippen LogP contribution is 2.48. The number of fused-ring (bicyclic) bond motifs is 1. The monoisotopic (exact) mass is 325 g/mol. The van der Waals surface area contributed by atoms with Crippen molar-refractivity contribution in [3.8, 4) is 0 Å². The van der Waals surface area contributed by atoms with Gasteiger partial charge in [0.05, 0.1) is 0 Å². The van der Waals surface area contributed by atoms with E-state index < -0.39 is 0 Å². The number of allylic oxidation sites excluding steroid dienone is 1. The summed E-state index contributed by atoms with van der Waals surface area (Å²) in [5.74, 6) is 0.790. The lowest BCUT2D eigenvalue weighted by atomic mass is 9.76. The normalized spacial score (nSPS) is 26.1. The summed E-state index contributed by atoms with van der Waals surface area (Å²) in [7, 11) is 0. The van der Waals surface area contributed by atoms with Crippen LogP contribution in [-0.4, -0.2) is 34.8 Å². The topological polar surface area (TPSA) is 62.3 Å². The third-order valence-corrected chi connectivity index (χ3v) is 5.54. The number of carbonyl (C=O) groups excluding carboxylic acids is 2. The second-order valence-corrected chi connectivity index (χ2v) is 7.25. The van der Waals surface area contributed by atoms with Gasteiger partial charge in [-0.2, -0.15) is 0 Å². The molecular weight excluding hydrogens is 302 g/mol. The van der Waals surface area contributed by atoms with Gasteiger partial charge in [-0.05, 0) is 50.2 Å². The Morgan fingerprint density at radius 1 is 1.33 bits per heavy atom. The second-order valence-electron chi connectivity index (χ2n) is 7.25. The van der Waals surface area contributed by atoms with E-state index in [1.54, 1.807) is 18.3 Å². The zero-order valence-corrected chi connectivity index (χ0v) is 13.8. The number of likely N-dealkylation sites (tertiary alicyclic amines) is 1. The molecule has 0 spiro atoms. The maximum absolute atomic E-state index is 12.4. The Morgan fingerprint density at radius 2 is 2.21 bits per heavy atom. The molecule has 1 atom stereocenters. The van der Waals surface area contributed by atoms with Gasteiger partial charge < -0.3 is 10.2 Å². The minimum Gasteiger partial charge on any atom is -0.350 e. The maximum Gasteiger partial charge on any atom is 0.269 e. The van der Waals surface area contributed by atoms with Crippen LogP contribution in [0.3, 0.4) is 0 Å². The van der Waals surface area contributed by atoms with E-state index in [1.807, 2.05) is 11.0 Å². The lowest BCUT2D eigenvalue weighted by molar-refractivity contribution is -0.133. The van der Waals surface area contributed by atoms with Gasteiger partial charge in [-0.25, -0.2) is 0 Å². The van der Waals surface area contributed by atoms with Crippen molar-refractivity contribution in [3.05, 3.63) is 41.9 Å². The number of carbonyl (C=O) groups is 2. The number of rotatable bonds is 5. The highest BCUT2D eigenvalue weighted by molar-refractivity contribution is 5.92. The number of pyridine rings is 1. The molecule has 2 heterocycles. The lowest BCUT2D eigenvalue weighted by Gasteiger charge is -2.42. The van der Waals surface area contributed by atoms with Crippen molar-refractivity contribution in [2.45, 2.75) is 38.5 Å². The Bertz CT molecular complexity index is 681. The van der Waals surface area contributed by atoms with Crippen molar-refractivity contribution in [1.29, 1.82) is 0 Å². The Morgan fingerprint density at radius 3 is 2.96 bits per heavy atom. The fourth-order valence-corrected chi connectivity index (χ4v) is 3.96. The van der Waals surface area contributed by atoms with Crippen LogP contribution in [0.2, 0.25) is 0 Å². The lowest BCUT2D eigenvalue weighted by Crippen LogP contribution is -2.48. The number of piperidine rings is 1. The van der Waals surface area contributed by atoms with Gasteiger partial charge >= 0.3 is 0 Å². The van der Waals surface area contributed by atoms with Crippen molar-refractivity contribution in [1.82, 2.24) is 15.2 Å². The molecule has 0 unspecified atom stereocenters. The fourth-order valence-electron chi connectivity index (χ4n) is 3.96. The number of hydrogen-bond donors (Lipinski definition) is 1. The summed E-state index contributed by atoms with van der Waals surface area (Å²) in [5, 5.41) is 3.05. The molecule has 0 aromatic carbocycles. The molecule has 3 aliphatic rings. The van der Waals surface area contributed by atoms with E-state index >= 15 is 0 Å². The molecule has 1 aliphatic heterocycles. The Kier molecular flexibility index (Phi) is 3.87. The van der Waals surface area contributed by atoms with Crippen LogP contribution in [0.25, 0.3) is 0 Å². The van der Waals surface area contributed by atoms with Gasteiger partial charge in [0.15, 0.2) is 0 Å². The van der Waals surface area contributed by atoms with E-state index in [-0.39, 0.29) is 17.2 Å². The Labute approximate surface area is 142 Å². The minimum absolute atomic E-state index is 0.0762. The predicted octanol–water partition coefficient (Wildman–Crippen LogP) is 2.51. The molecule has 5 heteroatoms. The van der Waals surface area contributed by atoms with Gasteiger partial charge in [-0.1, -0.05) is 12.1 Å². The van der Waals surface area contributed by atoms with E-state index in [1.165, 1.54) is 12.8 Å². The smallest absolute Gasteiger partial charge is 0.269 e. The number of nitrogens with one attached hydrogen (secondary N) is 1. The van der Waals surface area contributed by atoms with Crippen LogP contribution in [0, 0.1) is 11.3 Å². The first kappa shape index (κ1) is 15.4. The average molecular weight is 325 g/mol. The van der Waals surface area contributed by atoms with Crippen molar-refractivity contribution >= 4 is 11.8 Å². The fraction of sp³-hybridized carbons (Fsp3) is 0.526. The van der Waals surface area contributed by atoms with Crippen LogP contribution < -0.4 is 5.32 Å². The largest absolute Gasteiger partial charge is 0.350 e. The van der Waals surface area contributed by atoms with Crippen LogP contribution in [0.15, 0.2) is 36.2 Å². The van der Waals surface area contributed by atoms with Gasteiger partial charge in [0.2, 0.25) is 5.91 Å². The Hall–Kier alpha value is -2.17. The predicted molar refractivity (Wildman–Crippen MR) is 90.0 cm³/mol. The van der Waals surface area contributed by atoms with Gasteiger partial charge in [0.1, 0.15) is 5.69 Å². The molecule has 1 N–H and O–H groups in total. The summed E-state index contributed by atoms with van der Waals surface area (Å²) in [6.45, 7) is 1.45. The van der Waals surface area contributed by atoms with Crippen LogP contribution in [0.4, 0.5) is 0 Å². The molecule has 1 saturated heterocycles. The summed E-state index contributed by atoms with van der Waals surface area (Å²) in [5.41, 5.74) is 1.53. The number of nitrogens with zero attached hydrogens (tertiary/aromatic N) is 2. The molecule has 1 aromatic rings. The summed E-state index contributed by atoms with van der Waals surface area (Å²) >= 11 is 0. The van der Waals surface area contributed by atoms with Crippen LogP contribution in [0.1, 0.15) is 49.0 Å². The summed E-state index contributed by atoms with van der Waals surface area (Å²) in [4.78, 5) is 30.8. The standard InChI is InChI=1S/C19H23N3O2/c23-17-8-10-19(13-21-18(24)15-4-1-2-11-20-15)9-3-5-16(19)22(17)12-14-6-7-14/h1-2,4-5,11,14H,3,6-10,12-13H2,(H,21,24)/t19-/m0/s1. The van der Waals surface area contributed by atoms with E-state index in [4.69, 9.17) is 0 Å². The molecule has 2 amide bonds. The molecule has 0 radical (unpaired) electrons. The molecule has 1 aromatic heterocycles. The van der Waals surface area contributed by atoms with E-state index in [0.717, 1.165) is 31.5 Å². The molecule has 1 saturated carbocycles.